The first-order chi connectivity index (χ1) is 18.1. The summed E-state index contributed by atoms with van der Waals surface area (Å²) in [6, 6.07) is 0.741. The number of aromatic hydroxyl groups is 1. The summed E-state index contributed by atoms with van der Waals surface area (Å²) in [5.74, 6) is -4.66. The number of rotatable bonds is 18. The Hall–Kier alpha value is -3.27. The number of unbranched alkanes of at least 4 members (excludes halogenated alkanes) is 1. The van der Waals surface area contributed by atoms with Gasteiger partial charge in [0, 0.05) is 13.0 Å². The quantitative estimate of drug-likeness (QED) is 0.0964. The number of nitrogens with two attached hydrogens (primary N) is 1. The molecule has 0 heterocycles. The minimum absolute atomic E-state index is 0.000448. The highest BCUT2D eigenvalue weighted by molar-refractivity contribution is 7.88. The maximum Gasteiger partial charge on any atom is 0.326 e. The highest BCUT2D eigenvalue weighted by atomic mass is 32.2. The number of carboxylic acid groups (broad SMARTS) is 2. The fraction of sp³-hybridized carbons (Fsp3) is 0.583. The molecule has 1 aromatic carbocycles. The van der Waals surface area contributed by atoms with Crippen LogP contribution >= 0.6 is 0 Å². The lowest BCUT2D eigenvalue weighted by Crippen LogP contribution is -2.59. The van der Waals surface area contributed by atoms with Gasteiger partial charge in [-0.25, -0.2) is 17.9 Å². The number of aliphatic carboxylic acids is 2. The average Bonchev–Trinajstić information content (AvgIpc) is 2.82. The molecular weight excluding hydrogens is 534 g/mol. The predicted molar refractivity (Wildman–Crippen MR) is 142 cm³/mol. The van der Waals surface area contributed by atoms with E-state index in [9.17, 15) is 42.9 Å². The number of hydrogen-bond donors (Lipinski definition) is 8. The summed E-state index contributed by atoms with van der Waals surface area (Å²) in [6.07, 6.45) is 1.99. The molecule has 0 aliphatic heterocycles. The van der Waals surface area contributed by atoms with Gasteiger partial charge in [-0.05, 0) is 43.0 Å². The molecular formula is C24H39N5O9S. The number of carbonyl (C=O) groups is 4. The number of benzene rings is 1. The molecule has 0 saturated heterocycles. The van der Waals surface area contributed by atoms with Crippen LogP contribution in [-0.2, 0) is 35.6 Å². The monoisotopic (exact) mass is 573 g/mol. The molecule has 220 valence electrons. The van der Waals surface area contributed by atoms with Crippen LogP contribution in [0.25, 0.3) is 0 Å². The molecule has 0 fully saturated rings. The van der Waals surface area contributed by atoms with E-state index in [4.69, 9.17) is 5.73 Å². The summed E-state index contributed by atoms with van der Waals surface area (Å²) < 4.78 is 25.6. The molecule has 14 nitrogen and oxygen atoms in total. The summed E-state index contributed by atoms with van der Waals surface area (Å²) in [5, 5.41) is 36.2. The SMILES string of the molecule is CC(C)C(NC(CNC(=O)[C@H](CCCCN)NS(C)(=O)=O)C(=O)O)C(=O)N[C@@H](Cc1ccc(O)cc1)C(=O)O. The van der Waals surface area contributed by atoms with Gasteiger partial charge >= 0.3 is 11.9 Å². The van der Waals surface area contributed by atoms with E-state index in [1.165, 1.54) is 24.3 Å². The smallest absolute Gasteiger partial charge is 0.326 e. The molecule has 0 aliphatic carbocycles. The highest BCUT2D eigenvalue weighted by Crippen LogP contribution is 2.12. The number of carboxylic acids is 2. The third-order valence-electron chi connectivity index (χ3n) is 5.72. The zero-order valence-electron chi connectivity index (χ0n) is 22.2. The normalized spacial score (nSPS) is 14.7. The number of amides is 2. The van der Waals surface area contributed by atoms with E-state index in [-0.39, 0.29) is 18.6 Å². The summed E-state index contributed by atoms with van der Waals surface area (Å²) in [4.78, 5) is 49.4. The number of hydrogen-bond acceptors (Lipinski definition) is 9. The fourth-order valence-corrected chi connectivity index (χ4v) is 4.40. The molecule has 0 aliphatic rings. The maximum atomic E-state index is 13.0. The third-order valence-corrected chi connectivity index (χ3v) is 6.43. The van der Waals surface area contributed by atoms with Gasteiger partial charge in [-0.15, -0.1) is 0 Å². The molecule has 2 unspecified atom stereocenters. The number of carbonyl (C=O) groups excluding carboxylic acids is 2. The summed E-state index contributed by atoms with van der Waals surface area (Å²) in [6.45, 7) is 3.15. The van der Waals surface area contributed by atoms with Crippen molar-refractivity contribution in [1.82, 2.24) is 20.7 Å². The van der Waals surface area contributed by atoms with Gasteiger partial charge in [0.1, 0.15) is 23.9 Å². The van der Waals surface area contributed by atoms with E-state index in [2.05, 4.69) is 20.7 Å². The van der Waals surface area contributed by atoms with Gasteiger partial charge in [-0.2, -0.15) is 0 Å². The Morgan fingerprint density at radius 1 is 0.923 bits per heavy atom. The van der Waals surface area contributed by atoms with Crippen LogP contribution in [0.5, 0.6) is 5.75 Å². The van der Waals surface area contributed by atoms with Crippen LogP contribution in [0.3, 0.4) is 0 Å². The Bertz CT molecular complexity index is 1080. The molecule has 1 rings (SSSR count). The van der Waals surface area contributed by atoms with E-state index >= 15 is 0 Å². The van der Waals surface area contributed by atoms with E-state index in [1.54, 1.807) is 13.8 Å². The Balaban J connectivity index is 2.93. The molecule has 0 saturated carbocycles. The van der Waals surface area contributed by atoms with E-state index in [0.717, 1.165) is 6.26 Å². The van der Waals surface area contributed by atoms with Gasteiger partial charge in [-0.1, -0.05) is 32.4 Å². The number of phenols is 1. The van der Waals surface area contributed by atoms with Crippen LogP contribution < -0.4 is 26.4 Å². The summed E-state index contributed by atoms with van der Waals surface area (Å²) >= 11 is 0. The first-order valence-corrected chi connectivity index (χ1v) is 14.3. The van der Waals surface area contributed by atoms with Gasteiger partial charge in [0.05, 0.1) is 12.3 Å². The van der Waals surface area contributed by atoms with Crippen molar-refractivity contribution in [3.05, 3.63) is 29.8 Å². The highest BCUT2D eigenvalue weighted by Gasteiger charge is 2.32. The summed E-state index contributed by atoms with van der Waals surface area (Å²) in [5.41, 5.74) is 5.99. The first-order valence-electron chi connectivity index (χ1n) is 12.4. The number of phenolic OH excluding ortho intramolecular Hbond substituents is 1. The molecule has 0 bridgehead atoms. The Morgan fingerprint density at radius 2 is 1.51 bits per heavy atom. The first kappa shape index (κ1) is 33.8. The van der Waals surface area contributed by atoms with Crippen molar-refractivity contribution >= 4 is 33.8 Å². The van der Waals surface area contributed by atoms with Crippen molar-refractivity contribution in [3.8, 4) is 5.75 Å². The molecule has 9 N–H and O–H groups in total. The largest absolute Gasteiger partial charge is 0.508 e. The van der Waals surface area contributed by atoms with Crippen molar-refractivity contribution in [2.75, 3.05) is 19.3 Å². The van der Waals surface area contributed by atoms with Gasteiger partial charge in [0.2, 0.25) is 21.8 Å². The second kappa shape index (κ2) is 16.0. The van der Waals surface area contributed by atoms with Crippen LogP contribution in [0.1, 0.15) is 38.7 Å². The van der Waals surface area contributed by atoms with Gasteiger partial charge < -0.3 is 31.7 Å². The predicted octanol–water partition coefficient (Wildman–Crippen LogP) is -1.27. The van der Waals surface area contributed by atoms with Crippen molar-refractivity contribution in [2.45, 2.75) is 63.7 Å². The van der Waals surface area contributed by atoms with Crippen molar-refractivity contribution < 1.29 is 42.9 Å². The van der Waals surface area contributed by atoms with Crippen LogP contribution in [-0.4, -0.2) is 91.0 Å². The Kier molecular flexibility index (Phi) is 13.8. The number of sulfonamides is 1. The minimum Gasteiger partial charge on any atom is -0.508 e. The topological polar surface area (TPSA) is 237 Å². The molecule has 0 radical (unpaired) electrons. The van der Waals surface area contributed by atoms with Crippen LogP contribution in [0, 0.1) is 5.92 Å². The molecule has 2 amide bonds. The standard InChI is InChI=1S/C24H39N5O9S/c1-14(2)20(22(32)28-18(23(33)34)12-15-7-9-16(30)10-8-15)27-19(24(35)36)13-26-21(31)17(6-4-5-11-25)29-39(3,37)38/h7-10,14,17-20,27,29-30H,4-6,11-13,25H2,1-3H3,(H,26,31)(H,28,32)(H,33,34)(H,35,36)/t17-,18-,19?,20?/m0/s1. The molecule has 4 atom stereocenters. The second-order valence-electron chi connectivity index (χ2n) is 9.52. The second-order valence-corrected chi connectivity index (χ2v) is 11.3. The lowest BCUT2D eigenvalue weighted by molar-refractivity contribution is -0.143. The van der Waals surface area contributed by atoms with Crippen molar-refractivity contribution in [2.24, 2.45) is 11.7 Å². The van der Waals surface area contributed by atoms with E-state index in [0.29, 0.717) is 24.9 Å². The lowest BCUT2D eigenvalue weighted by atomic mass is 10.00. The Labute approximate surface area is 227 Å². The fourth-order valence-electron chi connectivity index (χ4n) is 3.66. The molecule has 15 heteroatoms. The van der Waals surface area contributed by atoms with Gasteiger partial charge in [0.15, 0.2) is 0 Å². The average molecular weight is 574 g/mol. The van der Waals surface area contributed by atoms with Gasteiger partial charge in [-0.3, -0.25) is 19.7 Å². The number of nitrogens with one attached hydrogen (secondary N) is 4. The minimum atomic E-state index is -3.73. The van der Waals surface area contributed by atoms with Crippen molar-refractivity contribution in [1.29, 1.82) is 0 Å². The molecule has 1 aromatic rings. The zero-order chi connectivity index (χ0) is 29.8. The summed E-state index contributed by atoms with van der Waals surface area (Å²) in [7, 11) is -3.73. The Morgan fingerprint density at radius 3 is 2.00 bits per heavy atom. The zero-order valence-corrected chi connectivity index (χ0v) is 23.0. The molecule has 0 spiro atoms. The van der Waals surface area contributed by atoms with Crippen molar-refractivity contribution in [3.63, 3.8) is 0 Å². The van der Waals surface area contributed by atoms with Crippen LogP contribution in [0.4, 0.5) is 0 Å². The van der Waals surface area contributed by atoms with Crippen LogP contribution in [0.15, 0.2) is 24.3 Å². The molecule has 39 heavy (non-hydrogen) atoms. The van der Waals surface area contributed by atoms with Gasteiger partial charge in [0.25, 0.3) is 0 Å². The third kappa shape index (κ3) is 12.9. The van der Waals surface area contributed by atoms with E-state index < -0.39 is 70.4 Å². The maximum absolute atomic E-state index is 13.0. The molecule has 0 aromatic heterocycles. The lowest BCUT2D eigenvalue weighted by Gasteiger charge is -2.27. The van der Waals surface area contributed by atoms with Crippen LogP contribution in [0.2, 0.25) is 0 Å². The van der Waals surface area contributed by atoms with E-state index in [1.807, 2.05) is 0 Å².